The molecule has 2 saturated heterocycles. The van der Waals surface area contributed by atoms with Crippen molar-refractivity contribution in [1.82, 2.24) is 10.2 Å². The summed E-state index contributed by atoms with van der Waals surface area (Å²) >= 11 is 0. The maximum atomic E-state index is 14.1. The van der Waals surface area contributed by atoms with E-state index < -0.39 is 18.2 Å². The summed E-state index contributed by atoms with van der Waals surface area (Å²) in [6.07, 6.45) is 1.83. The highest BCUT2D eigenvalue weighted by Crippen LogP contribution is 2.24. The quantitative estimate of drug-likeness (QED) is 0.664. The van der Waals surface area contributed by atoms with E-state index in [2.05, 4.69) is 15.5 Å². The predicted octanol–water partition coefficient (Wildman–Crippen LogP) is 4.27. The van der Waals surface area contributed by atoms with Crippen molar-refractivity contribution in [2.75, 3.05) is 31.6 Å². The van der Waals surface area contributed by atoms with Crippen molar-refractivity contribution in [3.05, 3.63) is 65.5 Å². The molecule has 0 radical (unpaired) electrons. The van der Waals surface area contributed by atoms with Gasteiger partial charge >= 0.3 is 6.03 Å². The molecule has 0 saturated carbocycles. The number of carbonyl (C=O) groups is 1. The predicted molar refractivity (Wildman–Crippen MR) is 126 cm³/mol. The Morgan fingerprint density at radius 3 is 2.50 bits per heavy atom. The van der Waals surface area contributed by atoms with Crippen LogP contribution in [-0.2, 0) is 11.2 Å². The molecule has 2 aliphatic rings. The first-order valence-corrected chi connectivity index (χ1v) is 11.8. The van der Waals surface area contributed by atoms with Crippen molar-refractivity contribution in [3.63, 3.8) is 0 Å². The fourth-order valence-electron chi connectivity index (χ4n) is 4.72. The van der Waals surface area contributed by atoms with Gasteiger partial charge in [-0.1, -0.05) is 12.1 Å². The van der Waals surface area contributed by atoms with Crippen molar-refractivity contribution in [1.29, 1.82) is 5.26 Å². The Labute approximate surface area is 198 Å². The van der Waals surface area contributed by atoms with Crippen LogP contribution in [0.2, 0.25) is 0 Å². The number of piperidine rings is 1. The molecule has 6 nitrogen and oxygen atoms in total. The number of nitriles is 1. The topological polar surface area (TPSA) is 77.4 Å². The minimum atomic E-state index is -1.11. The normalized spacial score (nSPS) is 23.7. The third-order valence-corrected chi connectivity index (χ3v) is 6.62. The number of halogens is 2. The maximum absolute atomic E-state index is 14.1. The number of likely N-dealkylation sites (tertiary alicyclic amines) is 1. The Morgan fingerprint density at radius 1 is 1.12 bits per heavy atom. The van der Waals surface area contributed by atoms with E-state index >= 15 is 0 Å². The van der Waals surface area contributed by atoms with Crippen LogP contribution in [0.25, 0.3) is 0 Å². The smallest absolute Gasteiger partial charge is 0.319 e. The number of amides is 2. The molecule has 34 heavy (non-hydrogen) atoms. The Hall–Kier alpha value is -3.02. The molecule has 2 aliphatic heterocycles. The van der Waals surface area contributed by atoms with E-state index in [1.165, 1.54) is 12.1 Å². The summed E-state index contributed by atoms with van der Waals surface area (Å²) in [6, 6.07) is 14.5. The molecule has 3 unspecified atom stereocenters. The molecule has 4 rings (SSSR count). The highest BCUT2D eigenvalue weighted by molar-refractivity contribution is 5.89. The Kier molecular flexibility index (Phi) is 8.09. The third kappa shape index (κ3) is 6.75. The summed E-state index contributed by atoms with van der Waals surface area (Å²) in [4.78, 5) is 14.8. The van der Waals surface area contributed by atoms with E-state index in [-0.39, 0.29) is 24.9 Å². The molecule has 3 atom stereocenters. The number of hydrogen-bond donors (Lipinski definition) is 2. The maximum Gasteiger partial charge on any atom is 0.319 e. The molecular weight excluding hydrogens is 438 g/mol. The molecule has 0 bridgehead atoms. The molecule has 2 amide bonds. The molecule has 0 spiro atoms. The molecule has 180 valence electrons. The number of nitrogens with zero attached hydrogens (tertiary/aromatic N) is 2. The van der Waals surface area contributed by atoms with E-state index in [0.717, 1.165) is 37.9 Å². The third-order valence-electron chi connectivity index (χ3n) is 6.62. The molecule has 2 aromatic carbocycles. The van der Waals surface area contributed by atoms with E-state index in [9.17, 15) is 13.6 Å². The van der Waals surface area contributed by atoms with Gasteiger partial charge in [0.15, 0.2) is 0 Å². The molecule has 2 fully saturated rings. The number of hydrogen-bond acceptors (Lipinski definition) is 4. The minimum absolute atomic E-state index is 0.0428. The lowest BCUT2D eigenvalue weighted by atomic mass is 9.89. The lowest BCUT2D eigenvalue weighted by Gasteiger charge is -2.39. The van der Waals surface area contributed by atoms with Crippen LogP contribution in [0.5, 0.6) is 0 Å². The van der Waals surface area contributed by atoms with Gasteiger partial charge in [-0.3, -0.25) is 0 Å². The zero-order valence-corrected chi connectivity index (χ0v) is 19.1. The van der Waals surface area contributed by atoms with E-state index in [0.29, 0.717) is 23.7 Å². The molecule has 2 aromatic rings. The molecule has 8 heteroatoms. The average Bonchev–Trinajstić information content (AvgIpc) is 2.84. The number of benzene rings is 2. The van der Waals surface area contributed by atoms with Gasteiger partial charge in [0.2, 0.25) is 0 Å². The second kappa shape index (κ2) is 11.4. The zero-order chi connectivity index (χ0) is 23.9. The summed E-state index contributed by atoms with van der Waals surface area (Å²) in [5, 5.41) is 14.5. The van der Waals surface area contributed by atoms with Crippen molar-refractivity contribution in [3.8, 4) is 6.07 Å². The van der Waals surface area contributed by atoms with Crippen LogP contribution >= 0.6 is 0 Å². The van der Waals surface area contributed by atoms with Crippen molar-refractivity contribution in [2.45, 2.75) is 44.0 Å². The molecule has 0 aromatic heterocycles. The Balaban J connectivity index is 1.26. The van der Waals surface area contributed by atoms with Crippen LogP contribution in [0.1, 0.15) is 30.4 Å². The summed E-state index contributed by atoms with van der Waals surface area (Å²) < 4.78 is 33.0. The largest absolute Gasteiger partial charge is 0.372 e. The van der Waals surface area contributed by atoms with Gasteiger partial charge < -0.3 is 20.3 Å². The lowest BCUT2D eigenvalue weighted by molar-refractivity contribution is -0.0615. The first-order chi connectivity index (χ1) is 16.5. The number of rotatable bonds is 6. The highest BCUT2D eigenvalue weighted by atomic mass is 19.1. The molecule has 2 N–H and O–H groups in total. The Morgan fingerprint density at radius 2 is 1.82 bits per heavy atom. The average molecular weight is 469 g/mol. The van der Waals surface area contributed by atoms with Gasteiger partial charge in [0, 0.05) is 18.7 Å². The second-order valence-electron chi connectivity index (χ2n) is 9.17. The number of ether oxygens (including phenoxy) is 1. The summed E-state index contributed by atoms with van der Waals surface area (Å²) in [5.74, 6) is 0.339. The van der Waals surface area contributed by atoms with Crippen LogP contribution in [-0.4, -0.2) is 55.5 Å². The van der Waals surface area contributed by atoms with Gasteiger partial charge in [-0.15, -0.1) is 0 Å². The van der Waals surface area contributed by atoms with Crippen molar-refractivity contribution >= 4 is 11.7 Å². The van der Waals surface area contributed by atoms with Crippen molar-refractivity contribution < 1.29 is 18.3 Å². The van der Waals surface area contributed by atoms with Gasteiger partial charge in [-0.25, -0.2) is 13.6 Å². The number of alkyl halides is 1. The van der Waals surface area contributed by atoms with Gasteiger partial charge in [0.05, 0.1) is 30.4 Å². The first-order valence-electron chi connectivity index (χ1n) is 11.8. The molecular formula is C26H30F2N4O2. The van der Waals surface area contributed by atoms with Crippen LogP contribution in [0.3, 0.4) is 0 Å². The SMILES string of the molecule is N#Cc1ccc(NC(=O)NC2CC(F)COC2CN2CCC(Cc3ccc(F)cc3)CC2)cc1. The molecule has 2 heterocycles. The minimum Gasteiger partial charge on any atom is -0.372 e. The fraction of sp³-hybridized carbons (Fsp3) is 0.462. The summed E-state index contributed by atoms with van der Waals surface area (Å²) in [6.45, 7) is 2.50. The van der Waals surface area contributed by atoms with Gasteiger partial charge in [0.1, 0.15) is 12.0 Å². The van der Waals surface area contributed by atoms with Gasteiger partial charge in [-0.05, 0) is 80.2 Å². The lowest BCUT2D eigenvalue weighted by Crippen LogP contribution is -2.55. The summed E-state index contributed by atoms with van der Waals surface area (Å²) in [5.41, 5.74) is 2.22. The van der Waals surface area contributed by atoms with E-state index in [4.69, 9.17) is 10.00 Å². The van der Waals surface area contributed by atoms with Crippen LogP contribution in [0.4, 0.5) is 19.3 Å². The second-order valence-corrected chi connectivity index (χ2v) is 9.17. The molecule has 0 aliphatic carbocycles. The number of nitrogens with one attached hydrogen (secondary N) is 2. The zero-order valence-electron chi connectivity index (χ0n) is 19.1. The highest BCUT2D eigenvalue weighted by Gasteiger charge is 2.34. The monoisotopic (exact) mass is 468 g/mol. The Bertz CT molecular complexity index is 985. The first kappa shape index (κ1) is 24.1. The summed E-state index contributed by atoms with van der Waals surface area (Å²) in [7, 11) is 0. The van der Waals surface area contributed by atoms with Gasteiger partial charge in [-0.2, -0.15) is 5.26 Å². The van der Waals surface area contributed by atoms with E-state index in [1.807, 2.05) is 18.2 Å². The standard InChI is InChI=1S/C26H30F2N4O2/c27-21-5-1-18(2-6-21)13-19-9-11-32(12-10-19)16-25-24(14-22(28)17-34-25)31-26(33)30-23-7-3-20(15-29)4-8-23/h1-8,19,22,24-25H,9-14,16-17H2,(H2,30,31,33). The van der Waals surface area contributed by atoms with Crippen molar-refractivity contribution in [2.24, 2.45) is 5.92 Å². The number of urea groups is 1. The van der Waals surface area contributed by atoms with E-state index in [1.54, 1.807) is 24.3 Å². The van der Waals surface area contributed by atoms with Crippen LogP contribution in [0, 0.1) is 23.1 Å². The van der Waals surface area contributed by atoms with Crippen LogP contribution < -0.4 is 10.6 Å². The fourth-order valence-corrected chi connectivity index (χ4v) is 4.72. The van der Waals surface area contributed by atoms with Gasteiger partial charge in [0.25, 0.3) is 0 Å². The van der Waals surface area contributed by atoms with Crippen LogP contribution in [0.15, 0.2) is 48.5 Å². The number of carbonyl (C=O) groups excluding carboxylic acids is 1. The number of anilines is 1.